The molecule has 2 aliphatic rings. The minimum atomic E-state index is -0.951. The Balaban J connectivity index is 0.000000201. The summed E-state index contributed by atoms with van der Waals surface area (Å²) >= 11 is 1.63. The topological polar surface area (TPSA) is 238 Å². The molecule has 2 saturated heterocycles. The van der Waals surface area contributed by atoms with E-state index in [1.54, 1.807) is 38.4 Å². The highest BCUT2D eigenvalue weighted by atomic mass is 32.1. The predicted octanol–water partition coefficient (Wildman–Crippen LogP) is 17.8. The number of carbonyl (C=O) groups is 6. The molecule has 20 nitrogen and oxygen atoms in total. The molecule has 3 N–H and O–H groups in total. The van der Waals surface area contributed by atoms with Crippen molar-refractivity contribution in [2.45, 2.75) is 136 Å². The Hall–Kier alpha value is -10.6. The van der Waals surface area contributed by atoms with Gasteiger partial charge in [-0.25, -0.2) is 0 Å². The Kier molecular flexibility index (Phi) is 35.7. The third-order valence-corrected chi connectivity index (χ3v) is 20.3. The molecule has 2 aliphatic heterocycles. The van der Waals surface area contributed by atoms with E-state index in [4.69, 9.17) is 40.4 Å². The van der Waals surface area contributed by atoms with Crippen molar-refractivity contribution in [3.63, 3.8) is 0 Å². The van der Waals surface area contributed by atoms with Crippen LogP contribution in [0.2, 0.25) is 0 Å². The minimum Gasteiger partial charge on any atom is -0.493 e. The van der Waals surface area contributed by atoms with E-state index in [1.165, 1.54) is 0 Å². The van der Waals surface area contributed by atoms with Crippen LogP contribution in [0.4, 0.5) is 0 Å². The zero-order chi connectivity index (χ0) is 82.9. The van der Waals surface area contributed by atoms with Gasteiger partial charge in [-0.05, 0) is 195 Å². The van der Waals surface area contributed by atoms with Crippen molar-refractivity contribution in [3.8, 4) is 50.6 Å². The summed E-state index contributed by atoms with van der Waals surface area (Å²) < 4.78 is 56.4. The molecule has 0 spiro atoms. The fourth-order valence-corrected chi connectivity index (χ4v) is 13.6. The monoisotopic (exact) mass is 1570 g/mol. The first kappa shape index (κ1) is 82.9. The van der Waals surface area contributed by atoms with Crippen molar-refractivity contribution in [1.29, 1.82) is 0 Å². The predicted molar refractivity (Wildman–Crippen MR) is 448 cm³/mol. The van der Waals surface area contributed by atoms with Crippen LogP contribution in [-0.4, -0.2) is 185 Å². The molecule has 2 aromatic heterocycles. The Morgan fingerprint density at radius 1 is 0.439 bits per heavy atom. The molecule has 3 amide bonds. The van der Waals surface area contributed by atoms with Crippen LogP contribution in [0.3, 0.4) is 0 Å². The van der Waals surface area contributed by atoms with Crippen molar-refractivity contribution in [2.75, 3.05) is 98.6 Å². The molecular weight excluding hydrogens is 1460 g/mol. The van der Waals surface area contributed by atoms with Crippen LogP contribution in [0, 0.1) is 0 Å². The number of carboxylic acid groups (broad SMARTS) is 3. The largest absolute Gasteiger partial charge is 0.493 e. The van der Waals surface area contributed by atoms with E-state index in [2.05, 4.69) is 26.2 Å². The molecule has 9 aromatic rings. The number of thiophene rings is 1. The molecule has 0 radical (unpaired) electrons. The maximum atomic E-state index is 13.9. The first-order chi connectivity index (χ1) is 57.0. The lowest BCUT2D eigenvalue weighted by molar-refractivity contribution is -0.138. The molecule has 4 unspecified atom stereocenters. The van der Waals surface area contributed by atoms with E-state index < -0.39 is 37.5 Å². The normalized spacial score (nSPS) is 14.2. The van der Waals surface area contributed by atoms with Crippen molar-refractivity contribution in [2.24, 2.45) is 0 Å². The summed E-state index contributed by atoms with van der Waals surface area (Å²) in [6.07, 6.45) is 12.4. The van der Waals surface area contributed by atoms with Crippen LogP contribution in [0.5, 0.6) is 17.2 Å². The minimum absolute atomic E-state index is 0.134. The van der Waals surface area contributed by atoms with Gasteiger partial charge in [0, 0.05) is 143 Å². The second-order valence-corrected chi connectivity index (χ2v) is 28.9. The van der Waals surface area contributed by atoms with E-state index >= 15 is 0 Å². The number of nitrogens with zero attached hydrogens (tertiary/aromatic N) is 6. The summed E-state index contributed by atoms with van der Waals surface area (Å²) in [7, 11) is 0. The summed E-state index contributed by atoms with van der Waals surface area (Å²) in [6.45, 7) is 11.3. The number of rotatable bonds is 43. The highest BCUT2D eigenvalue weighted by molar-refractivity contribution is 7.08. The number of hydrogen-bond acceptors (Lipinski definition) is 15. The lowest BCUT2D eigenvalue weighted by Crippen LogP contribution is -2.39. The Morgan fingerprint density at radius 3 is 1.21 bits per heavy atom. The summed E-state index contributed by atoms with van der Waals surface area (Å²) in [6, 6.07) is 60.6. The van der Waals surface area contributed by atoms with Gasteiger partial charge in [0.15, 0.2) is 0 Å². The zero-order valence-electron chi connectivity index (χ0n) is 68.7. The van der Waals surface area contributed by atoms with Gasteiger partial charge in [-0.2, -0.15) is 11.3 Å². The van der Waals surface area contributed by atoms with Gasteiger partial charge in [-0.3, -0.25) is 43.6 Å². The number of unbranched alkanes of at least 4 members (excludes halogenated alkanes) is 6. The number of pyridine rings is 1. The molecule has 604 valence electrons. The molecule has 0 saturated carbocycles. The number of ether oxygens (including phenoxy) is 5. The number of morpholine rings is 2. The molecule has 7 aromatic carbocycles. The summed E-state index contributed by atoms with van der Waals surface area (Å²) in [5, 5.41) is 30.5. The third-order valence-electron chi connectivity index (χ3n) is 19.6. The standard InChI is InChI=1S/C33H40N2O5.C32H39N3O5.C28H33NO4S/c36-32(37)14-5-2-8-23-40-31-13-7-6-12-30(31)26-35(20-9-19-34-21-24-39-25-22-34)33(38)29-17-15-28(16-18-29)27-10-3-1-4-11-27;36-31(37)11-2-1-5-21-40-30-10-4-3-8-29(30)25-35(18-7-17-34-19-22-39-23-20-34)32(38)27-14-12-26(13-15-27)28-9-6-16-33-24-28;1-3-21(2)29(28(32)23-14-12-22(13-15-23)25-16-18-34-20-25)19-24-9-6-7-10-26(24)33-17-8-4-5-11-27(30)31/h1,3-4,6-7,10-13,15-18H,2,5,8-9,14,19-26H2,(H,36,37);3-4,6,8-10,12-16,24H,1-2,5,7,11,17-23,25H2,(H,36,37);6-7,9-10,12-16,18,20-21H,3-5,8,11,17,19H2,1-2H3,(H,30,31)/i26D;25D;19D. The van der Waals surface area contributed by atoms with Crippen LogP contribution in [0.1, 0.15) is 162 Å². The van der Waals surface area contributed by atoms with Gasteiger partial charge in [-0.1, -0.05) is 134 Å². The van der Waals surface area contributed by atoms with E-state index in [1.807, 2.05) is 207 Å². The van der Waals surface area contributed by atoms with Gasteiger partial charge in [0.1, 0.15) is 17.2 Å². The van der Waals surface area contributed by atoms with E-state index in [9.17, 15) is 31.5 Å². The quantitative estimate of drug-likeness (QED) is 0.0301. The number of aliphatic carboxylic acids is 3. The van der Waals surface area contributed by atoms with E-state index in [0.717, 1.165) is 144 Å². The van der Waals surface area contributed by atoms with Crippen molar-refractivity contribution >= 4 is 47.0 Å². The lowest BCUT2D eigenvalue weighted by Gasteiger charge is -2.29. The number of carbonyl (C=O) groups excluding carboxylic acids is 3. The van der Waals surface area contributed by atoms with E-state index in [-0.39, 0.29) is 43.0 Å². The second kappa shape index (κ2) is 49.2. The molecule has 4 heterocycles. The zero-order valence-corrected chi connectivity index (χ0v) is 66.5. The SMILES string of the molecule is [2H]C(c1ccccc1OCCCCCC(=O)O)N(C(=O)c1ccc(-c2ccsc2)cc1)C(C)CC.[2H]C(c1ccccc1OCCCCCC(=O)O)N(CCCN1CCOCC1)C(=O)c1ccc(-c2ccccc2)cc1.[2H]C(c1ccccc1OCCCCCC(=O)O)N(CCCN1CCOCC1)C(=O)c1ccc(-c2cccnc2)cc1. The third kappa shape index (κ3) is 30.1. The van der Waals surface area contributed by atoms with Crippen LogP contribution in [0.15, 0.2) is 217 Å². The fraction of sp³-hybridized carbons (Fsp3) is 0.387. The number of hydrogen-bond donors (Lipinski definition) is 3. The maximum absolute atomic E-state index is 13.9. The van der Waals surface area contributed by atoms with Gasteiger partial charge in [0.05, 0.1) is 50.4 Å². The molecule has 4 atom stereocenters. The lowest BCUT2D eigenvalue weighted by atomic mass is 10.0. The first-order valence-electron chi connectivity index (χ1n) is 41.6. The Morgan fingerprint density at radius 2 is 0.816 bits per heavy atom. The highest BCUT2D eigenvalue weighted by Crippen LogP contribution is 2.30. The maximum Gasteiger partial charge on any atom is 0.303 e. The fourth-order valence-electron chi connectivity index (χ4n) is 13.0. The molecule has 0 bridgehead atoms. The smallest absolute Gasteiger partial charge is 0.303 e. The van der Waals surface area contributed by atoms with Crippen LogP contribution in [-0.2, 0) is 43.4 Å². The Labute approximate surface area is 680 Å². The number of benzene rings is 7. The number of para-hydroxylation sites is 3. The van der Waals surface area contributed by atoms with E-state index in [0.29, 0.717) is 116 Å². The average Bonchev–Trinajstić information content (AvgIpc) is 0.986. The van der Waals surface area contributed by atoms with Crippen LogP contribution in [0.25, 0.3) is 33.4 Å². The van der Waals surface area contributed by atoms with Crippen molar-refractivity contribution in [1.82, 2.24) is 29.5 Å². The molecule has 21 heteroatoms. The molecule has 0 aliphatic carbocycles. The molecular formula is C93H112N6O14S. The van der Waals surface area contributed by atoms with Gasteiger partial charge < -0.3 is 53.7 Å². The van der Waals surface area contributed by atoms with Gasteiger partial charge >= 0.3 is 17.9 Å². The van der Waals surface area contributed by atoms with Gasteiger partial charge in [0.25, 0.3) is 17.7 Å². The van der Waals surface area contributed by atoms with Crippen molar-refractivity contribution < 1.29 is 71.9 Å². The number of carboxylic acids is 3. The molecule has 2 fully saturated rings. The summed E-state index contributed by atoms with van der Waals surface area (Å²) in [4.78, 5) is 87.2. The summed E-state index contributed by atoms with van der Waals surface area (Å²) in [5.41, 5.74) is 9.78. The summed E-state index contributed by atoms with van der Waals surface area (Å²) in [5.74, 6) is -1.20. The van der Waals surface area contributed by atoms with Gasteiger partial charge in [0.2, 0.25) is 0 Å². The Bertz CT molecular complexity index is 4250. The average molecular weight is 1570 g/mol. The van der Waals surface area contributed by atoms with Crippen LogP contribution < -0.4 is 14.2 Å². The van der Waals surface area contributed by atoms with Crippen molar-refractivity contribution in [3.05, 3.63) is 251 Å². The second-order valence-electron chi connectivity index (χ2n) is 28.1. The number of aromatic nitrogens is 1. The molecule has 11 rings (SSSR count). The number of amides is 3. The van der Waals surface area contributed by atoms with Gasteiger partial charge in [-0.15, -0.1) is 0 Å². The highest BCUT2D eigenvalue weighted by Gasteiger charge is 2.25. The molecule has 114 heavy (non-hydrogen) atoms. The first-order valence-corrected chi connectivity index (χ1v) is 40.8. The van der Waals surface area contributed by atoms with Crippen LogP contribution >= 0.6 is 11.3 Å².